The van der Waals surface area contributed by atoms with Gasteiger partial charge in [0.05, 0.1) is 0 Å². The third-order valence-electron chi connectivity index (χ3n) is 0. The van der Waals surface area contributed by atoms with Gasteiger partial charge in [-0.05, 0) is 0 Å². The van der Waals surface area contributed by atoms with Gasteiger partial charge in [-0.15, -0.1) is 0 Å². The van der Waals surface area contributed by atoms with Gasteiger partial charge in [0.1, 0.15) is 0 Å². The van der Waals surface area contributed by atoms with Gasteiger partial charge in [-0.3, -0.25) is 27.3 Å². The Morgan fingerprint density at radius 3 is 0.438 bits per heavy atom. The van der Waals surface area contributed by atoms with Gasteiger partial charge in [0.25, 0.3) is 0 Å². The molecule has 0 aromatic carbocycles. The molecule has 0 amide bonds. The molecule has 0 aromatic rings. The van der Waals surface area contributed by atoms with Crippen LogP contribution in [-0.4, -0.2) is 52.6 Å². The summed E-state index contributed by atoms with van der Waals surface area (Å²) in [5.41, 5.74) is 0. The normalized spacial score (nSPS) is 10.9. The van der Waals surface area contributed by atoms with E-state index in [0.717, 1.165) is 0 Å². The molecule has 0 aliphatic rings. The molecule has 12 nitrogen and oxygen atoms in total. The predicted molar refractivity (Wildman–Crippen MR) is 42.5 cm³/mol. The van der Waals surface area contributed by atoms with Crippen molar-refractivity contribution in [1.82, 2.24) is 0 Å². The van der Waals surface area contributed by atoms with Crippen LogP contribution < -0.4 is 0 Å². The van der Waals surface area contributed by atoms with Crippen LogP contribution in [0.4, 0.5) is 0 Å². The molecule has 0 saturated heterocycles. The Hall–Kier alpha value is 0.104. The van der Waals surface area contributed by atoms with Crippen LogP contribution in [0, 0.1) is 0 Å². The Morgan fingerprint density at radius 2 is 0.438 bits per heavy atom. The zero-order chi connectivity index (χ0) is 13.5. The fourth-order valence-corrected chi connectivity index (χ4v) is 0. The molecule has 0 heterocycles. The quantitative estimate of drug-likeness (QED) is 0.206. The molecule has 0 spiro atoms. The monoisotopic (exact) mass is 352 g/mol. The molecule has 0 rings (SSSR count). The Labute approximate surface area is 100 Å². The second kappa shape index (κ2) is 9.17. The largest absolute Gasteiger partial charge is 0.394 e. The Morgan fingerprint density at radius 1 is 0.438 bits per heavy atom. The van der Waals surface area contributed by atoms with Gasteiger partial charge in [0, 0.05) is 16.5 Å². The molecule has 0 aliphatic heterocycles. The van der Waals surface area contributed by atoms with Gasteiger partial charge >= 0.3 is 31.2 Å². The van der Waals surface area contributed by atoms with Gasteiger partial charge in [-0.25, -0.2) is 0 Å². The number of hydrogen-bond acceptors (Lipinski definition) is 6. The van der Waals surface area contributed by atoms with Crippen molar-refractivity contribution in [3.05, 3.63) is 0 Å². The average Bonchev–Trinajstić information content (AvgIpc) is 1.41. The van der Waals surface area contributed by atoms with Crippen LogP contribution >= 0.6 is 0 Å². The molecule has 0 aliphatic carbocycles. The molecule has 6 N–H and O–H groups in total. The van der Waals surface area contributed by atoms with Crippen molar-refractivity contribution in [2.24, 2.45) is 0 Å². The van der Waals surface area contributed by atoms with E-state index in [0.29, 0.717) is 0 Å². The summed E-state index contributed by atoms with van der Waals surface area (Å²) in [5, 5.41) is 0. The molecular formula is H6NiO12S3. The molecule has 0 saturated carbocycles. The summed E-state index contributed by atoms with van der Waals surface area (Å²) in [6.45, 7) is 0. The molecule has 0 unspecified atom stereocenters. The van der Waals surface area contributed by atoms with Crippen molar-refractivity contribution in [2.45, 2.75) is 0 Å². The SMILES string of the molecule is O=S(=O)(O)O.O=S(=O)(O)O.O=S(=O)(O)O.[Ni]. The molecule has 0 fully saturated rings. The van der Waals surface area contributed by atoms with Crippen molar-refractivity contribution in [3.63, 3.8) is 0 Å². The van der Waals surface area contributed by atoms with E-state index >= 15 is 0 Å². The van der Waals surface area contributed by atoms with Gasteiger partial charge in [-0.1, -0.05) is 0 Å². The van der Waals surface area contributed by atoms with Crippen molar-refractivity contribution < 1.29 is 69.1 Å². The van der Waals surface area contributed by atoms with Crippen LogP contribution in [0.2, 0.25) is 0 Å². The second-order valence-electron chi connectivity index (χ2n) is 1.34. The minimum absolute atomic E-state index is 0. The summed E-state index contributed by atoms with van der Waals surface area (Å²) < 4.78 is 94.8. The van der Waals surface area contributed by atoms with Gasteiger partial charge in [0.15, 0.2) is 0 Å². The van der Waals surface area contributed by atoms with Crippen LogP contribution in [0.25, 0.3) is 0 Å². The van der Waals surface area contributed by atoms with Gasteiger partial charge < -0.3 is 0 Å². The van der Waals surface area contributed by atoms with Crippen LogP contribution in [0.1, 0.15) is 0 Å². The first-order valence-electron chi connectivity index (χ1n) is 2.10. The van der Waals surface area contributed by atoms with Gasteiger partial charge in [0.2, 0.25) is 0 Å². The molecule has 0 radical (unpaired) electrons. The fraction of sp³-hybridized carbons (Fsp3) is 0. The van der Waals surface area contributed by atoms with E-state index in [1.807, 2.05) is 0 Å². The Bertz CT molecular complexity index is 337. The zero-order valence-corrected chi connectivity index (χ0v) is 10.1. The van der Waals surface area contributed by atoms with E-state index in [1.165, 1.54) is 0 Å². The summed E-state index contributed by atoms with van der Waals surface area (Å²) in [7, 11) is -14.0. The fourth-order valence-electron chi connectivity index (χ4n) is 0. The summed E-state index contributed by atoms with van der Waals surface area (Å²) in [4.78, 5) is 0. The van der Waals surface area contributed by atoms with Crippen molar-refractivity contribution in [1.29, 1.82) is 0 Å². The van der Waals surface area contributed by atoms with Crippen molar-refractivity contribution >= 4 is 31.2 Å². The topological polar surface area (TPSA) is 224 Å². The molecule has 16 heavy (non-hydrogen) atoms. The second-order valence-corrected chi connectivity index (χ2v) is 4.03. The number of hydrogen-bond donors (Lipinski definition) is 6. The summed E-state index contributed by atoms with van der Waals surface area (Å²) in [5.74, 6) is 0. The zero-order valence-electron chi connectivity index (χ0n) is 6.67. The Balaban J connectivity index is -0.0000000655. The maximum absolute atomic E-state index is 8.74. The third kappa shape index (κ3) is 226000. The molecule has 0 atom stereocenters. The molecule has 0 bridgehead atoms. The first-order valence-corrected chi connectivity index (χ1v) is 6.29. The van der Waals surface area contributed by atoms with E-state index in [4.69, 9.17) is 52.6 Å². The molecule has 0 aromatic heterocycles. The molecule has 16 heteroatoms. The van der Waals surface area contributed by atoms with E-state index in [9.17, 15) is 0 Å². The summed E-state index contributed by atoms with van der Waals surface area (Å²) >= 11 is 0. The van der Waals surface area contributed by atoms with E-state index < -0.39 is 31.2 Å². The predicted octanol–water partition coefficient (Wildman–Crippen LogP) is -1.96. The van der Waals surface area contributed by atoms with Crippen LogP contribution in [0.5, 0.6) is 0 Å². The molecular weight excluding hydrogens is 347 g/mol. The maximum Gasteiger partial charge on any atom is 0.394 e. The van der Waals surface area contributed by atoms with Crippen LogP contribution in [0.15, 0.2) is 0 Å². The summed E-state index contributed by atoms with van der Waals surface area (Å²) in [6, 6.07) is 0. The van der Waals surface area contributed by atoms with E-state index in [-0.39, 0.29) is 16.5 Å². The molecule has 106 valence electrons. The standard InChI is InChI=1S/Ni.3H2O4S/c;3*1-5(2,3)4/h;3*(H2,1,2,3,4). The van der Waals surface area contributed by atoms with Crippen LogP contribution in [0.3, 0.4) is 0 Å². The minimum atomic E-state index is -4.67. The van der Waals surface area contributed by atoms with E-state index in [1.54, 1.807) is 0 Å². The first-order chi connectivity index (χ1) is 6.00. The summed E-state index contributed by atoms with van der Waals surface area (Å²) in [6.07, 6.45) is 0. The maximum atomic E-state index is 8.74. The van der Waals surface area contributed by atoms with Crippen LogP contribution in [-0.2, 0) is 47.7 Å². The van der Waals surface area contributed by atoms with Crippen molar-refractivity contribution in [3.8, 4) is 0 Å². The van der Waals surface area contributed by atoms with Gasteiger partial charge in [-0.2, -0.15) is 25.3 Å². The minimum Gasteiger partial charge on any atom is -0.264 e. The third-order valence-corrected chi connectivity index (χ3v) is 0. The van der Waals surface area contributed by atoms with E-state index in [2.05, 4.69) is 0 Å². The average molecular weight is 353 g/mol. The number of rotatable bonds is 0. The smallest absolute Gasteiger partial charge is 0.264 e. The first kappa shape index (κ1) is 25.1. The Kier molecular flexibility index (Phi) is 14.4. The van der Waals surface area contributed by atoms with Crippen molar-refractivity contribution in [2.75, 3.05) is 0 Å².